The van der Waals surface area contributed by atoms with E-state index >= 15 is 0 Å². The minimum atomic E-state index is -0.403. The largest absolute Gasteiger partial charge is 0.320 e. The van der Waals surface area contributed by atoms with Crippen LogP contribution in [0.5, 0.6) is 0 Å². The highest BCUT2D eigenvalue weighted by Gasteiger charge is 2.22. The molecule has 26 heavy (non-hydrogen) atoms. The van der Waals surface area contributed by atoms with Crippen LogP contribution in [0.25, 0.3) is 0 Å². The molecule has 0 aliphatic heterocycles. The van der Waals surface area contributed by atoms with Gasteiger partial charge in [-0.1, -0.05) is 46.3 Å². The molecule has 0 bridgehead atoms. The number of anilines is 1. The molecule has 0 fully saturated rings. The second-order valence-corrected chi connectivity index (χ2v) is 6.82. The Morgan fingerprint density at radius 1 is 0.885 bits per heavy atom. The van der Waals surface area contributed by atoms with E-state index in [4.69, 9.17) is 0 Å². The number of rotatable bonds is 5. The molecule has 130 valence electrons. The van der Waals surface area contributed by atoms with Gasteiger partial charge in [0.1, 0.15) is 0 Å². The Balaban J connectivity index is 1.70. The van der Waals surface area contributed by atoms with Crippen LogP contribution in [-0.2, 0) is 4.79 Å². The predicted octanol–water partition coefficient (Wildman–Crippen LogP) is 4.17. The highest BCUT2D eigenvalue weighted by molar-refractivity contribution is 9.10. The SMILES string of the molecule is C[C@@H](C(=O)Nc1ccc(Br)cc1)[n+]1ccc(C(=O)c2ccccc2)cc1. The van der Waals surface area contributed by atoms with Gasteiger partial charge in [-0.15, -0.1) is 0 Å². The number of aromatic nitrogens is 1. The molecule has 1 amide bonds. The Bertz CT molecular complexity index is 907. The van der Waals surface area contributed by atoms with Crippen molar-refractivity contribution in [1.82, 2.24) is 0 Å². The number of carbonyl (C=O) groups is 2. The smallest absolute Gasteiger partial charge is 0.293 e. The number of hydrogen-bond donors (Lipinski definition) is 1. The van der Waals surface area contributed by atoms with Crippen molar-refractivity contribution in [3.05, 3.63) is 94.7 Å². The molecule has 0 saturated heterocycles. The zero-order valence-corrected chi connectivity index (χ0v) is 15.8. The van der Waals surface area contributed by atoms with Crippen molar-refractivity contribution in [3.63, 3.8) is 0 Å². The lowest BCUT2D eigenvalue weighted by Gasteiger charge is -2.09. The molecule has 0 aliphatic carbocycles. The molecular formula is C21H18BrN2O2+. The summed E-state index contributed by atoms with van der Waals surface area (Å²) in [5.74, 6) is -0.163. The van der Waals surface area contributed by atoms with E-state index in [2.05, 4.69) is 21.2 Å². The number of ketones is 1. The van der Waals surface area contributed by atoms with E-state index in [0.717, 1.165) is 10.2 Å². The van der Waals surface area contributed by atoms with E-state index in [-0.39, 0.29) is 11.7 Å². The first-order chi connectivity index (χ1) is 12.5. The van der Waals surface area contributed by atoms with Crippen molar-refractivity contribution in [2.45, 2.75) is 13.0 Å². The molecule has 1 atom stereocenters. The Kier molecular flexibility index (Phi) is 5.58. The first-order valence-corrected chi connectivity index (χ1v) is 9.01. The van der Waals surface area contributed by atoms with Gasteiger partial charge in [0.05, 0.1) is 0 Å². The maximum atomic E-state index is 12.4. The van der Waals surface area contributed by atoms with Crippen molar-refractivity contribution in [2.75, 3.05) is 5.32 Å². The molecule has 1 N–H and O–H groups in total. The number of halogens is 1. The number of hydrogen-bond acceptors (Lipinski definition) is 2. The molecular weight excluding hydrogens is 392 g/mol. The summed E-state index contributed by atoms with van der Waals surface area (Å²) in [6, 6.07) is 19.6. The molecule has 1 heterocycles. The van der Waals surface area contributed by atoms with E-state index in [1.807, 2.05) is 49.4 Å². The summed E-state index contributed by atoms with van der Waals surface area (Å²) in [5.41, 5.74) is 1.97. The molecule has 4 nitrogen and oxygen atoms in total. The summed E-state index contributed by atoms with van der Waals surface area (Å²) in [4.78, 5) is 24.9. The van der Waals surface area contributed by atoms with Crippen molar-refractivity contribution in [2.24, 2.45) is 0 Å². The van der Waals surface area contributed by atoms with Crippen LogP contribution in [0, 0.1) is 0 Å². The molecule has 0 spiro atoms. The van der Waals surface area contributed by atoms with E-state index in [0.29, 0.717) is 11.1 Å². The monoisotopic (exact) mass is 409 g/mol. The molecule has 3 rings (SSSR count). The lowest BCUT2D eigenvalue weighted by Crippen LogP contribution is -2.44. The van der Waals surface area contributed by atoms with Crippen molar-refractivity contribution in [1.29, 1.82) is 0 Å². The fraction of sp³-hybridized carbons (Fsp3) is 0.0952. The topological polar surface area (TPSA) is 50.1 Å². The fourth-order valence-corrected chi connectivity index (χ4v) is 2.78. The summed E-state index contributed by atoms with van der Waals surface area (Å²) in [6.07, 6.45) is 3.50. The lowest BCUT2D eigenvalue weighted by atomic mass is 10.0. The minimum Gasteiger partial charge on any atom is -0.320 e. The van der Waals surface area contributed by atoms with Gasteiger partial charge in [-0.3, -0.25) is 9.59 Å². The molecule has 0 aliphatic rings. The van der Waals surface area contributed by atoms with Gasteiger partial charge in [0.2, 0.25) is 6.04 Å². The fourth-order valence-electron chi connectivity index (χ4n) is 2.52. The summed E-state index contributed by atoms with van der Waals surface area (Å²) in [7, 11) is 0. The van der Waals surface area contributed by atoms with E-state index in [1.54, 1.807) is 41.2 Å². The van der Waals surface area contributed by atoms with Gasteiger partial charge in [-0.05, 0) is 24.3 Å². The quantitative estimate of drug-likeness (QED) is 0.507. The second-order valence-electron chi connectivity index (χ2n) is 5.90. The zero-order valence-electron chi connectivity index (χ0n) is 14.2. The van der Waals surface area contributed by atoms with Crippen molar-refractivity contribution >= 4 is 33.3 Å². The Labute approximate surface area is 160 Å². The van der Waals surface area contributed by atoms with Gasteiger partial charge < -0.3 is 5.32 Å². The summed E-state index contributed by atoms with van der Waals surface area (Å²) < 4.78 is 2.73. The minimum absolute atomic E-state index is 0.0373. The van der Waals surface area contributed by atoms with Gasteiger partial charge in [0, 0.05) is 40.3 Å². The van der Waals surface area contributed by atoms with Crippen LogP contribution >= 0.6 is 15.9 Å². The molecule has 0 saturated carbocycles. The Hall–Kier alpha value is -2.79. The van der Waals surface area contributed by atoms with Crippen LogP contribution in [0.3, 0.4) is 0 Å². The number of amides is 1. The zero-order chi connectivity index (χ0) is 18.5. The van der Waals surface area contributed by atoms with E-state index < -0.39 is 6.04 Å². The van der Waals surface area contributed by atoms with E-state index in [1.165, 1.54) is 0 Å². The number of nitrogens with zero attached hydrogens (tertiary/aromatic N) is 1. The highest BCUT2D eigenvalue weighted by Crippen LogP contribution is 2.15. The number of pyridine rings is 1. The number of benzene rings is 2. The first kappa shape index (κ1) is 18.0. The van der Waals surface area contributed by atoms with Crippen LogP contribution in [0.1, 0.15) is 28.9 Å². The molecule has 3 aromatic rings. The third-order valence-corrected chi connectivity index (χ3v) is 4.62. The summed E-state index contributed by atoms with van der Waals surface area (Å²) in [6.45, 7) is 1.81. The summed E-state index contributed by atoms with van der Waals surface area (Å²) >= 11 is 3.37. The van der Waals surface area contributed by atoms with Crippen LogP contribution < -0.4 is 9.88 Å². The average molecular weight is 410 g/mol. The molecule has 5 heteroatoms. The predicted molar refractivity (Wildman–Crippen MR) is 104 cm³/mol. The molecule has 1 aromatic heterocycles. The second kappa shape index (κ2) is 8.06. The van der Waals surface area contributed by atoms with Crippen LogP contribution in [0.4, 0.5) is 5.69 Å². The van der Waals surface area contributed by atoms with Crippen LogP contribution in [0.15, 0.2) is 83.6 Å². The van der Waals surface area contributed by atoms with Crippen LogP contribution in [-0.4, -0.2) is 11.7 Å². The van der Waals surface area contributed by atoms with Crippen molar-refractivity contribution < 1.29 is 14.2 Å². The normalized spacial score (nSPS) is 11.6. The van der Waals surface area contributed by atoms with E-state index in [9.17, 15) is 9.59 Å². The first-order valence-electron chi connectivity index (χ1n) is 8.21. The van der Waals surface area contributed by atoms with Gasteiger partial charge >= 0.3 is 0 Å². The third kappa shape index (κ3) is 4.24. The molecule has 0 radical (unpaired) electrons. The summed E-state index contributed by atoms with van der Waals surface area (Å²) in [5, 5.41) is 2.88. The van der Waals surface area contributed by atoms with Gasteiger partial charge in [0.15, 0.2) is 18.2 Å². The van der Waals surface area contributed by atoms with Crippen LogP contribution in [0.2, 0.25) is 0 Å². The maximum Gasteiger partial charge on any atom is 0.293 e. The Morgan fingerprint density at radius 2 is 1.46 bits per heavy atom. The Morgan fingerprint density at radius 3 is 2.08 bits per heavy atom. The maximum absolute atomic E-state index is 12.4. The third-order valence-electron chi connectivity index (χ3n) is 4.09. The van der Waals surface area contributed by atoms with Gasteiger partial charge in [0.25, 0.3) is 5.91 Å². The lowest BCUT2D eigenvalue weighted by molar-refractivity contribution is -0.705. The number of nitrogens with one attached hydrogen (secondary N) is 1. The highest BCUT2D eigenvalue weighted by atomic mass is 79.9. The van der Waals surface area contributed by atoms with Gasteiger partial charge in [-0.2, -0.15) is 4.57 Å². The van der Waals surface area contributed by atoms with Gasteiger partial charge in [-0.25, -0.2) is 0 Å². The number of carbonyl (C=O) groups excluding carboxylic acids is 2. The standard InChI is InChI=1S/C21H17BrN2O2/c1-15(21(26)23-19-9-7-18(22)8-10-19)24-13-11-17(12-14-24)20(25)16-5-3-2-4-6-16/h2-15H,1H3/p+1/t15-/m0/s1. The van der Waals surface area contributed by atoms with Crippen molar-refractivity contribution in [3.8, 4) is 0 Å². The average Bonchev–Trinajstić information content (AvgIpc) is 2.69. The molecule has 0 unspecified atom stereocenters. The molecule has 2 aromatic carbocycles.